The lowest BCUT2D eigenvalue weighted by atomic mass is 10.1. The number of carbonyl (C=O) groups is 1. The van der Waals surface area contributed by atoms with Gasteiger partial charge in [-0.25, -0.2) is 19.9 Å². The number of pyridine rings is 2. The average molecular weight is 458 g/mol. The van der Waals surface area contributed by atoms with Gasteiger partial charge in [0.2, 0.25) is 0 Å². The number of halogens is 3. The van der Waals surface area contributed by atoms with Gasteiger partial charge in [0, 0.05) is 30.8 Å². The van der Waals surface area contributed by atoms with E-state index in [1.807, 2.05) is 0 Å². The molecule has 3 aromatic heterocycles. The largest absolute Gasteiger partial charge is 0.417 e. The maximum atomic E-state index is 13.5. The van der Waals surface area contributed by atoms with E-state index in [0.717, 1.165) is 12.3 Å². The molecule has 0 aromatic carbocycles. The third-order valence-electron chi connectivity index (χ3n) is 5.05. The summed E-state index contributed by atoms with van der Waals surface area (Å²) >= 11 is 0. The molecule has 1 fully saturated rings. The highest BCUT2D eigenvalue weighted by Gasteiger charge is 2.32. The number of rotatable bonds is 5. The Hall–Kier alpha value is -3.60. The molecule has 0 saturated carbocycles. The van der Waals surface area contributed by atoms with Crippen LogP contribution in [0.25, 0.3) is 11.4 Å². The normalized spacial score (nSPS) is 16.5. The van der Waals surface area contributed by atoms with E-state index in [-0.39, 0.29) is 24.0 Å². The molecule has 1 aliphatic heterocycles. The second kappa shape index (κ2) is 9.49. The van der Waals surface area contributed by atoms with Crippen LogP contribution in [-0.4, -0.2) is 56.7 Å². The molecule has 0 radical (unpaired) electrons. The van der Waals surface area contributed by atoms with Gasteiger partial charge in [0.25, 0.3) is 5.91 Å². The SMILES string of the molecule is Cc1ccc(-c2ncccn2)c(C(=O)N2CCCOC2CNc2ccc(C(F)(F)F)cn2)n1. The zero-order valence-electron chi connectivity index (χ0n) is 17.7. The molecule has 1 unspecified atom stereocenters. The van der Waals surface area contributed by atoms with Gasteiger partial charge in [0.15, 0.2) is 5.82 Å². The molecular weight excluding hydrogens is 437 g/mol. The van der Waals surface area contributed by atoms with Gasteiger partial charge in [-0.05, 0) is 43.7 Å². The van der Waals surface area contributed by atoms with E-state index in [0.29, 0.717) is 36.7 Å². The smallest absolute Gasteiger partial charge is 0.366 e. The van der Waals surface area contributed by atoms with Crippen molar-refractivity contribution in [2.24, 2.45) is 0 Å². The molecule has 0 aliphatic carbocycles. The molecule has 3 aromatic rings. The molecule has 1 atom stereocenters. The lowest BCUT2D eigenvalue weighted by Crippen LogP contribution is -2.50. The fraction of sp³-hybridized carbons (Fsp3) is 0.318. The summed E-state index contributed by atoms with van der Waals surface area (Å²) in [5, 5.41) is 2.94. The van der Waals surface area contributed by atoms with Crippen LogP contribution in [0.2, 0.25) is 0 Å². The molecule has 1 amide bonds. The van der Waals surface area contributed by atoms with E-state index in [1.54, 1.807) is 42.4 Å². The van der Waals surface area contributed by atoms with Gasteiger partial charge in [-0.15, -0.1) is 0 Å². The Labute approximate surface area is 187 Å². The minimum atomic E-state index is -4.46. The Morgan fingerprint density at radius 2 is 1.97 bits per heavy atom. The fourth-order valence-corrected chi connectivity index (χ4v) is 3.42. The molecule has 4 heterocycles. The third kappa shape index (κ3) is 5.25. The van der Waals surface area contributed by atoms with Crippen molar-refractivity contribution in [1.82, 2.24) is 24.8 Å². The van der Waals surface area contributed by atoms with E-state index < -0.39 is 18.0 Å². The number of anilines is 1. The summed E-state index contributed by atoms with van der Waals surface area (Å²) in [5.41, 5.74) is 0.553. The Bertz CT molecular complexity index is 1110. The molecule has 4 rings (SSSR count). The molecule has 1 saturated heterocycles. The number of aryl methyl sites for hydroxylation is 1. The van der Waals surface area contributed by atoms with Crippen LogP contribution < -0.4 is 5.32 Å². The topological polar surface area (TPSA) is 93.1 Å². The number of hydrogen-bond donors (Lipinski definition) is 1. The Balaban J connectivity index is 1.53. The number of ether oxygens (including phenoxy) is 1. The maximum Gasteiger partial charge on any atom is 0.417 e. The number of hydrogen-bond acceptors (Lipinski definition) is 7. The van der Waals surface area contributed by atoms with Gasteiger partial charge >= 0.3 is 6.18 Å². The van der Waals surface area contributed by atoms with Crippen LogP contribution in [0, 0.1) is 6.92 Å². The first-order valence-corrected chi connectivity index (χ1v) is 10.3. The first kappa shape index (κ1) is 22.6. The molecular formula is C22H21F3N6O2. The van der Waals surface area contributed by atoms with Crippen molar-refractivity contribution < 1.29 is 22.7 Å². The van der Waals surface area contributed by atoms with Crippen molar-refractivity contribution in [3.8, 4) is 11.4 Å². The van der Waals surface area contributed by atoms with Gasteiger partial charge in [0.1, 0.15) is 17.7 Å². The predicted octanol–water partition coefficient (Wildman–Crippen LogP) is 3.56. The van der Waals surface area contributed by atoms with E-state index in [1.165, 1.54) is 6.07 Å². The third-order valence-corrected chi connectivity index (χ3v) is 5.05. The first-order chi connectivity index (χ1) is 15.8. The summed E-state index contributed by atoms with van der Waals surface area (Å²) in [6.45, 7) is 2.82. The quantitative estimate of drug-likeness (QED) is 0.625. The molecule has 0 bridgehead atoms. The summed E-state index contributed by atoms with van der Waals surface area (Å²) in [6, 6.07) is 7.41. The minimum absolute atomic E-state index is 0.146. The molecule has 33 heavy (non-hydrogen) atoms. The highest BCUT2D eigenvalue weighted by molar-refractivity contribution is 5.98. The van der Waals surface area contributed by atoms with Crippen molar-refractivity contribution in [2.45, 2.75) is 25.7 Å². The Morgan fingerprint density at radius 3 is 2.67 bits per heavy atom. The molecule has 172 valence electrons. The highest BCUT2D eigenvalue weighted by atomic mass is 19.4. The van der Waals surface area contributed by atoms with Crippen LogP contribution in [0.15, 0.2) is 48.9 Å². The van der Waals surface area contributed by atoms with Crippen LogP contribution in [0.1, 0.15) is 28.2 Å². The van der Waals surface area contributed by atoms with Gasteiger partial charge in [-0.2, -0.15) is 13.2 Å². The second-order valence-electron chi connectivity index (χ2n) is 7.41. The van der Waals surface area contributed by atoms with Crippen molar-refractivity contribution in [1.29, 1.82) is 0 Å². The summed E-state index contributed by atoms with van der Waals surface area (Å²) in [7, 11) is 0. The van der Waals surface area contributed by atoms with Crippen LogP contribution in [0.3, 0.4) is 0 Å². The number of aromatic nitrogens is 4. The van der Waals surface area contributed by atoms with Crippen LogP contribution in [-0.2, 0) is 10.9 Å². The number of nitrogens with zero attached hydrogens (tertiary/aromatic N) is 5. The molecule has 8 nitrogen and oxygen atoms in total. The van der Waals surface area contributed by atoms with Crippen molar-refractivity contribution >= 4 is 11.7 Å². The van der Waals surface area contributed by atoms with Gasteiger partial charge < -0.3 is 15.0 Å². The lowest BCUT2D eigenvalue weighted by molar-refractivity contribution is -0.137. The monoisotopic (exact) mass is 458 g/mol. The minimum Gasteiger partial charge on any atom is -0.366 e. The molecule has 0 spiro atoms. The Morgan fingerprint density at radius 1 is 1.18 bits per heavy atom. The molecule has 1 N–H and O–H groups in total. The van der Waals surface area contributed by atoms with Crippen molar-refractivity contribution in [3.63, 3.8) is 0 Å². The van der Waals surface area contributed by atoms with Crippen molar-refractivity contribution in [3.05, 3.63) is 65.9 Å². The van der Waals surface area contributed by atoms with Crippen LogP contribution in [0.5, 0.6) is 0 Å². The molecule has 11 heteroatoms. The fourth-order valence-electron chi connectivity index (χ4n) is 3.42. The average Bonchev–Trinajstić information content (AvgIpc) is 2.82. The summed E-state index contributed by atoms with van der Waals surface area (Å²) in [6.07, 6.45) is -0.529. The van der Waals surface area contributed by atoms with Gasteiger partial charge in [-0.1, -0.05) is 0 Å². The lowest BCUT2D eigenvalue weighted by Gasteiger charge is -2.35. The van der Waals surface area contributed by atoms with E-state index in [2.05, 4.69) is 25.3 Å². The van der Waals surface area contributed by atoms with Gasteiger partial charge in [-0.3, -0.25) is 4.79 Å². The molecule has 1 aliphatic rings. The van der Waals surface area contributed by atoms with E-state index in [9.17, 15) is 18.0 Å². The van der Waals surface area contributed by atoms with Crippen molar-refractivity contribution in [2.75, 3.05) is 25.0 Å². The predicted molar refractivity (Wildman–Crippen MR) is 113 cm³/mol. The van der Waals surface area contributed by atoms with E-state index in [4.69, 9.17) is 4.74 Å². The van der Waals surface area contributed by atoms with Crippen LogP contribution in [0.4, 0.5) is 19.0 Å². The number of carbonyl (C=O) groups excluding carboxylic acids is 1. The van der Waals surface area contributed by atoms with Gasteiger partial charge in [0.05, 0.1) is 24.3 Å². The highest BCUT2D eigenvalue weighted by Crippen LogP contribution is 2.29. The zero-order valence-corrected chi connectivity index (χ0v) is 17.7. The standard InChI is InChI=1S/C22H21F3N6O2/c1-14-4-6-16(20-26-8-2-9-27-20)19(30-14)21(32)31-10-3-11-33-18(31)13-29-17-7-5-15(12-28-17)22(23,24)25/h2,4-9,12,18H,3,10-11,13H2,1H3,(H,28,29). The zero-order chi connectivity index (χ0) is 23.4. The number of amides is 1. The number of nitrogens with one attached hydrogen (secondary N) is 1. The second-order valence-corrected chi connectivity index (χ2v) is 7.41. The summed E-state index contributed by atoms with van der Waals surface area (Å²) < 4.78 is 44.0. The first-order valence-electron chi connectivity index (χ1n) is 10.3. The summed E-state index contributed by atoms with van der Waals surface area (Å²) in [5.74, 6) is 0.291. The van der Waals surface area contributed by atoms with Crippen LogP contribution >= 0.6 is 0 Å². The Kier molecular flexibility index (Phi) is 6.50. The maximum absolute atomic E-state index is 13.5. The van der Waals surface area contributed by atoms with E-state index >= 15 is 0 Å². The number of alkyl halides is 3. The summed E-state index contributed by atoms with van der Waals surface area (Å²) in [4.78, 5) is 31.7.